The van der Waals surface area contributed by atoms with Gasteiger partial charge in [0.05, 0.1) is 25.0 Å². The van der Waals surface area contributed by atoms with Crippen molar-refractivity contribution in [3.8, 4) is 0 Å². The van der Waals surface area contributed by atoms with Crippen LogP contribution in [0.3, 0.4) is 0 Å². The molecule has 0 fully saturated rings. The van der Waals surface area contributed by atoms with Crippen LogP contribution in [0.25, 0.3) is 0 Å². The lowest BCUT2D eigenvalue weighted by molar-refractivity contribution is -0.139. The van der Waals surface area contributed by atoms with E-state index in [1.807, 2.05) is 13.8 Å². The smallest absolute Gasteiger partial charge is 0.338 e. The number of nitrogens with one attached hydrogen (secondary N) is 3. The number of furan rings is 1. The maximum atomic E-state index is 12.6. The van der Waals surface area contributed by atoms with Crippen molar-refractivity contribution >= 4 is 17.9 Å². The van der Waals surface area contributed by atoms with Gasteiger partial charge in [0, 0.05) is 18.3 Å². The quantitative estimate of drug-likeness (QED) is 0.580. The van der Waals surface area contributed by atoms with E-state index in [-0.39, 0.29) is 37.2 Å². The average Bonchev–Trinajstić information content (AvgIpc) is 3.07. The van der Waals surface area contributed by atoms with Crippen LogP contribution in [0.4, 0.5) is 4.79 Å². The third-order valence-electron chi connectivity index (χ3n) is 3.77. The Kier molecular flexibility index (Phi) is 7.00. The number of rotatable bonds is 8. The molecule has 2 heterocycles. The molecule has 9 nitrogen and oxygen atoms in total. The second-order valence-electron chi connectivity index (χ2n) is 6.55. The molecule has 0 spiro atoms. The normalized spacial score (nSPS) is 17.0. The van der Waals surface area contributed by atoms with Crippen LogP contribution in [0.2, 0.25) is 0 Å². The summed E-state index contributed by atoms with van der Waals surface area (Å²) in [6.07, 6.45) is 1.47. The summed E-state index contributed by atoms with van der Waals surface area (Å²) < 4.78 is 10.5. The highest BCUT2D eigenvalue weighted by Gasteiger charge is 2.35. The molecule has 0 aliphatic carbocycles. The van der Waals surface area contributed by atoms with Gasteiger partial charge >= 0.3 is 12.0 Å². The number of ether oxygens (including phenoxy) is 1. The molecule has 0 unspecified atom stereocenters. The molecule has 0 bridgehead atoms. The minimum absolute atomic E-state index is 0.0297. The number of carbonyl (C=O) groups excluding carboxylic acids is 3. The lowest BCUT2D eigenvalue weighted by Gasteiger charge is -2.29. The van der Waals surface area contributed by atoms with E-state index in [9.17, 15) is 14.4 Å². The number of hydrogen-bond acceptors (Lipinski definition) is 6. The molecule has 2 rings (SSSR count). The molecule has 0 radical (unpaired) electrons. The zero-order valence-electron chi connectivity index (χ0n) is 16.0. The predicted molar refractivity (Wildman–Crippen MR) is 97.6 cm³/mol. The Balaban J connectivity index is 2.28. The number of nitrogens with zero attached hydrogens (tertiary/aromatic N) is 1. The summed E-state index contributed by atoms with van der Waals surface area (Å²) in [7, 11) is 1.73. The first-order valence-corrected chi connectivity index (χ1v) is 8.80. The number of carbonyl (C=O) groups is 3. The molecule has 1 aliphatic heterocycles. The van der Waals surface area contributed by atoms with Gasteiger partial charge in [0.1, 0.15) is 11.8 Å². The van der Waals surface area contributed by atoms with E-state index in [0.717, 1.165) is 0 Å². The molecule has 27 heavy (non-hydrogen) atoms. The Bertz CT molecular complexity index is 711. The topological polar surface area (TPSA) is 113 Å². The summed E-state index contributed by atoms with van der Waals surface area (Å²) in [5, 5.41) is 8.14. The van der Waals surface area contributed by atoms with Gasteiger partial charge < -0.3 is 25.1 Å². The number of likely N-dealkylation sites (N-methyl/N-ethyl adjacent to an activating group) is 1. The van der Waals surface area contributed by atoms with E-state index in [4.69, 9.17) is 9.15 Å². The molecule has 1 aromatic rings. The van der Waals surface area contributed by atoms with Crippen molar-refractivity contribution in [2.45, 2.75) is 32.9 Å². The van der Waals surface area contributed by atoms with Gasteiger partial charge in [0.2, 0.25) is 5.91 Å². The van der Waals surface area contributed by atoms with Crippen LogP contribution in [0.5, 0.6) is 0 Å². The Morgan fingerprint density at radius 2 is 2.15 bits per heavy atom. The van der Waals surface area contributed by atoms with E-state index in [2.05, 4.69) is 16.0 Å². The predicted octanol–water partition coefficient (Wildman–Crippen LogP) is 0.907. The van der Waals surface area contributed by atoms with Crippen LogP contribution < -0.4 is 16.0 Å². The third-order valence-corrected chi connectivity index (χ3v) is 3.77. The van der Waals surface area contributed by atoms with Gasteiger partial charge in [0.15, 0.2) is 0 Å². The van der Waals surface area contributed by atoms with Crippen LogP contribution in [0, 0.1) is 0 Å². The van der Waals surface area contributed by atoms with Gasteiger partial charge in [0.25, 0.3) is 0 Å². The maximum absolute atomic E-state index is 12.6. The summed E-state index contributed by atoms with van der Waals surface area (Å²) in [4.78, 5) is 38.3. The number of urea groups is 1. The highest BCUT2D eigenvalue weighted by molar-refractivity contribution is 5.95. The Labute approximate surface area is 158 Å². The van der Waals surface area contributed by atoms with Gasteiger partial charge in [-0.3, -0.25) is 9.69 Å². The maximum Gasteiger partial charge on any atom is 0.338 e. The third kappa shape index (κ3) is 5.58. The fourth-order valence-corrected chi connectivity index (χ4v) is 2.80. The largest absolute Gasteiger partial charge is 0.467 e. The standard InChI is InChI=1S/C18H26N4O5/c1-5-26-17(24)15-12(9-22(4)10-14(23)19-11(2)3)20-18(25)21-16(15)13-7-6-8-27-13/h6-8,11,16H,5,9-10H2,1-4H3,(H,19,23)(H2,20,21,25)/t16-/m0/s1. The van der Waals surface area contributed by atoms with Crippen molar-refractivity contribution in [3.05, 3.63) is 35.4 Å². The van der Waals surface area contributed by atoms with E-state index in [1.54, 1.807) is 31.0 Å². The van der Waals surface area contributed by atoms with Gasteiger partial charge in [-0.05, 0) is 40.0 Å². The highest BCUT2D eigenvalue weighted by atomic mass is 16.5. The van der Waals surface area contributed by atoms with Crippen molar-refractivity contribution in [1.29, 1.82) is 0 Å². The van der Waals surface area contributed by atoms with Crippen LogP contribution in [0.1, 0.15) is 32.6 Å². The highest BCUT2D eigenvalue weighted by Crippen LogP contribution is 2.28. The fourth-order valence-electron chi connectivity index (χ4n) is 2.80. The molecule has 3 N–H and O–H groups in total. The first kappa shape index (κ1) is 20.5. The minimum Gasteiger partial charge on any atom is -0.467 e. The van der Waals surface area contributed by atoms with Crippen molar-refractivity contribution in [2.24, 2.45) is 0 Å². The minimum atomic E-state index is -0.763. The summed E-state index contributed by atoms with van der Waals surface area (Å²) in [5.41, 5.74) is 0.626. The van der Waals surface area contributed by atoms with Crippen LogP contribution >= 0.6 is 0 Å². The molecule has 1 aromatic heterocycles. The fraction of sp³-hybridized carbons (Fsp3) is 0.500. The first-order chi connectivity index (χ1) is 12.8. The van der Waals surface area contributed by atoms with Crippen LogP contribution in [0.15, 0.2) is 34.1 Å². The van der Waals surface area contributed by atoms with Gasteiger partial charge in [-0.1, -0.05) is 0 Å². The average molecular weight is 378 g/mol. The van der Waals surface area contributed by atoms with Crippen molar-refractivity contribution in [3.63, 3.8) is 0 Å². The molecule has 0 saturated carbocycles. The zero-order valence-corrected chi connectivity index (χ0v) is 16.0. The molecule has 9 heteroatoms. The summed E-state index contributed by atoms with van der Waals surface area (Å²) in [6.45, 7) is 5.95. The van der Waals surface area contributed by atoms with Crippen molar-refractivity contribution in [2.75, 3.05) is 26.7 Å². The summed E-state index contributed by atoms with van der Waals surface area (Å²) in [6, 6.07) is 2.16. The molecule has 1 atom stereocenters. The number of hydrogen-bond donors (Lipinski definition) is 3. The first-order valence-electron chi connectivity index (χ1n) is 8.80. The monoisotopic (exact) mass is 378 g/mol. The van der Waals surface area contributed by atoms with E-state index in [1.165, 1.54) is 6.26 Å². The van der Waals surface area contributed by atoms with Gasteiger partial charge in [-0.25, -0.2) is 9.59 Å². The Morgan fingerprint density at radius 3 is 2.74 bits per heavy atom. The summed E-state index contributed by atoms with van der Waals surface area (Å²) in [5.74, 6) is -0.277. The molecular formula is C18H26N4O5. The van der Waals surface area contributed by atoms with E-state index < -0.39 is 18.0 Å². The Morgan fingerprint density at radius 1 is 1.41 bits per heavy atom. The molecule has 1 aliphatic rings. The van der Waals surface area contributed by atoms with Gasteiger partial charge in [-0.15, -0.1) is 0 Å². The molecule has 0 saturated heterocycles. The second kappa shape index (κ2) is 9.22. The van der Waals surface area contributed by atoms with Crippen LogP contribution in [-0.2, 0) is 14.3 Å². The Hall–Kier alpha value is -2.81. The number of amides is 3. The molecule has 0 aromatic carbocycles. The van der Waals surface area contributed by atoms with Crippen LogP contribution in [-0.4, -0.2) is 55.6 Å². The molecular weight excluding hydrogens is 352 g/mol. The summed E-state index contributed by atoms with van der Waals surface area (Å²) >= 11 is 0. The van der Waals surface area contributed by atoms with Gasteiger partial charge in [-0.2, -0.15) is 0 Å². The van der Waals surface area contributed by atoms with E-state index in [0.29, 0.717) is 11.5 Å². The zero-order chi connectivity index (χ0) is 20.0. The lowest BCUT2D eigenvalue weighted by Crippen LogP contribution is -2.49. The second-order valence-corrected chi connectivity index (χ2v) is 6.55. The van der Waals surface area contributed by atoms with Crippen molar-refractivity contribution < 1.29 is 23.5 Å². The van der Waals surface area contributed by atoms with Crippen molar-refractivity contribution in [1.82, 2.24) is 20.9 Å². The lowest BCUT2D eigenvalue weighted by atomic mass is 10.00. The molecule has 3 amide bonds. The SMILES string of the molecule is CCOC(=O)C1=C(CN(C)CC(=O)NC(C)C)NC(=O)N[C@H]1c1ccco1. The molecule has 148 valence electrons. The van der Waals surface area contributed by atoms with E-state index >= 15 is 0 Å². The number of esters is 1.